The number of ketones is 1. The van der Waals surface area contributed by atoms with E-state index in [0.29, 0.717) is 32.6 Å². The maximum atomic E-state index is 12.7. The third kappa shape index (κ3) is 5.07. The van der Waals surface area contributed by atoms with Gasteiger partial charge in [0, 0.05) is 12.5 Å². The summed E-state index contributed by atoms with van der Waals surface area (Å²) >= 11 is 0. The molecule has 0 radical (unpaired) electrons. The highest BCUT2D eigenvalue weighted by atomic mass is 16.5. The molecular formula is C19H23N3O6. The third-order valence-electron chi connectivity index (χ3n) is 4.72. The van der Waals surface area contributed by atoms with Crippen LogP contribution in [-0.4, -0.2) is 55.5 Å². The highest BCUT2D eigenvalue weighted by Gasteiger charge is 2.38. The Hall–Kier alpha value is -2.94. The third-order valence-corrected chi connectivity index (χ3v) is 4.72. The first-order valence-corrected chi connectivity index (χ1v) is 9.22. The van der Waals surface area contributed by atoms with Gasteiger partial charge in [0.05, 0.1) is 19.3 Å². The maximum absolute atomic E-state index is 12.7. The molecule has 2 aliphatic heterocycles. The topological polar surface area (TPSA) is 123 Å². The number of Topliss-reactive ketones (excluding diaryl/α,β-unsaturated/α-hetero) is 1. The molecule has 1 aromatic rings. The van der Waals surface area contributed by atoms with Gasteiger partial charge in [-0.3, -0.25) is 14.4 Å². The van der Waals surface area contributed by atoms with Gasteiger partial charge in [-0.25, -0.2) is 4.79 Å². The summed E-state index contributed by atoms with van der Waals surface area (Å²) in [6.45, 7) is 1.09. The van der Waals surface area contributed by atoms with Gasteiger partial charge in [0.1, 0.15) is 12.6 Å². The van der Waals surface area contributed by atoms with Crippen molar-refractivity contribution in [3.8, 4) is 0 Å². The van der Waals surface area contributed by atoms with Gasteiger partial charge in [-0.05, 0) is 18.4 Å². The molecule has 2 saturated heterocycles. The second-order valence-electron chi connectivity index (χ2n) is 6.80. The summed E-state index contributed by atoms with van der Waals surface area (Å²) in [7, 11) is 0. The average molecular weight is 389 g/mol. The summed E-state index contributed by atoms with van der Waals surface area (Å²) in [6.07, 6.45) is 0.197. The van der Waals surface area contributed by atoms with Crippen LogP contribution in [0.2, 0.25) is 0 Å². The molecule has 3 N–H and O–H groups in total. The quantitative estimate of drug-likeness (QED) is 0.584. The van der Waals surface area contributed by atoms with Crippen LogP contribution < -0.4 is 16.0 Å². The molecule has 2 fully saturated rings. The molecule has 0 aliphatic carbocycles. The Bertz CT molecular complexity index is 734. The van der Waals surface area contributed by atoms with Crippen LogP contribution in [0.15, 0.2) is 30.3 Å². The molecule has 3 rings (SSSR count). The van der Waals surface area contributed by atoms with E-state index in [1.54, 1.807) is 0 Å². The minimum absolute atomic E-state index is 0.0729. The number of hydrogen-bond acceptors (Lipinski definition) is 6. The Kier molecular flexibility index (Phi) is 6.59. The molecule has 2 heterocycles. The standard InChI is InChI=1S/C19H23N3O6/c23-16-14(7-4-8-20-18(16)25)21-17(24)15(13-10-27-11-13)22-19(26)28-9-12-5-2-1-3-6-12/h1-3,5-6,13-15H,4,7-11H2,(H,20,25)(H,21,24)(H,22,26). The fourth-order valence-corrected chi connectivity index (χ4v) is 3.02. The van der Waals surface area contributed by atoms with E-state index in [1.807, 2.05) is 30.3 Å². The van der Waals surface area contributed by atoms with Crippen LogP contribution in [0, 0.1) is 5.92 Å². The molecule has 1 aromatic carbocycles. The molecule has 150 valence electrons. The number of carbonyl (C=O) groups is 4. The van der Waals surface area contributed by atoms with Crippen molar-refractivity contribution in [3.05, 3.63) is 35.9 Å². The molecule has 0 spiro atoms. The second-order valence-corrected chi connectivity index (χ2v) is 6.80. The lowest BCUT2D eigenvalue weighted by Crippen LogP contribution is -2.59. The number of nitrogens with one attached hydrogen (secondary N) is 3. The zero-order chi connectivity index (χ0) is 19.9. The van der Waals surface area contributed by atoms with Crippen LogP contribution in [0.4, 0.5) is 4.79 Å². The van der Waals surface area contributed by atoms with Crippen molar-refractivity contribution in [2.45, 2.75) is 31.5 Å². The van der Waals surface area contributed by atoms with Crippen molar-refractivity contribution in [1.29, 1.82) is 0 Å². The summed E-state index contributed by atoms with van der Waals surface area (Å²) in [5.41, 5.74) is 0.820. The highest BCUT2D eigenvalue weighted by Crippen LogP contribution is 2.16. The Balaban J connectivity index is 1.58. The Morgan fingerprint density at radius 2 is 1.96 bits per heavy atom. The highest BCUT2D eigenvalue weighted by molar-refractivity contribution is 6.38. The van der Waals surface area contributed by atoms with Crippen molar-refractivity contribution in [2.75, 3.05) is 19.8 Å². The SMILES string of the molecule is O=C(NC(C(=O)NC1CCCNC(=O)C1=O)C1COC1)OCc1ccccc1. The summed E-state index contributed by atoms with van der Waals surface area (Å²) in [6, 6.07) is 7.35. The molecule has 2 atom stereocenters. The van der Waals surface area contributed by atoms with Gasteiger partial charge in [0.25, 0.3) is 5.91 Å². The molecule has 2 unspecified atom stereocenters. The smallest absolute Gasteiger partial charge is 0.408 e. The molecule has 3 amide bonds. The Labute approximate surface area is 162 Å². The van der Waals surface area contributed by atoms with E-state index in [9.17, 15) is 19.2 Å². The van der Waals surface area contributed by atoms with Crippen LogP contribution >= 0.6 is 0 Å². The predicted molar refractivity (Wildman–Crippen MR) is 97.0 cm³/mol. The first-order valence-electron chi connectivity index (χ1n) is 9.22. The first-order chi connectivity index (χ1) is 13.5. The van der Waals surface area contributed by atoms with E-state index in [4.69, 9.17) is 9.47 Å². The van der Waals surface area contributed by atoms with Gasteiger partial charge in [0.15, 0.2) is 0 Å². The number of benzene rings is 1. The number of hydrogen-bond donors (Lipinski definition) is 3. The van der Waals surface area contributed by atoms with E-state index in [2.05, 4.69) is 16.0 Å². The molecular weight excluding hydrogens is 366 g/mol. The van der Waals surface area contributed by atoms with Crippen molar-refractivity contribution < 1.29 is 28.7 Å². The van der Waals surface area contributed by atoms with Gasteiger partial charge in [-0.2, -0.15) is 0 Å². The number of carbonyl (C=O) groups excluding carboxylic acids is 4. The molecule has 28 heavy (non-hydrogen) atoms. The molecule has 0 saturated carbocycles. The molecule has 9 heteroatoms. The van der Waals surface area contributed by atoms with E-state index in [0.717, 1.165) is 5.56 Å². The predicted octanol–water partition coefficient (Wildman–Crippen LogP) is -0.108. The van der Waals surface area contributed by atoms with E-state index < -0.39 is 35.8 Å². The number of alkyl carbamates (subject to hydrolysis) is 1. The molecule has 9 nitrogen and oxygen atoms in total. The second kappa shape index (κ2) is 9.32. The van der Waals surface area contributed by atoms with Crippen molar-refractivity contribution in [1.82, 2.24) is 16.0 Å². The summed E-state index contributed by atoms with van der Waals surface area (Å²) in [5.74, 6) is -2.14. The molecule has 0 bridgehead atoms. The van der Waals surface area contributed by atoms with Crippen molar-refractivity contribution in [2.24, 2.45) is 5.92 Å². The lowest BCUT2D eigenvalue weighted by atomic mass is 9.96. The van der Waals surface area contributed by atoms with Crippen LogP contribution in [0.1, 0.15) is 18.4 Å². The monoisotopic (exact) mass is 389 g/mol. The lowest BCUT2D eigenvalue weighted by molar-refractivity contribution is -0.140. The van der Waals surface area contributed by atoms with Gasteiger partial charge >= 0.3 is 6.09 Å². The minimum atomic E-state index is -0.906. The zero-order valence-electron chi connectivity index (χ0n) is 15.3. The summed E-state index contributed by atoms with van der Waals surface area (Å²) < 4.78 is 10.3. The molecule has 2 aliphatic rings. The van der Waals surface area contributed by atoms with Gasteiger partial charge in [0.2, 0.25) is 11.7 Å². The van der Waals surface area contributed by atoms with Crippen LogP contribution in [0.3, 0.4) is 0 Å². The fourth-order valence-electron chi connectivity index (χ4n) is 3.02. The van der Waals surface area contributed by atoms with E-state index in [-0.39, 0.29) is 12.5 Å². The van der Waals surface area contributed by atoms with Crippen LogP contribution in [0.25, 0.3) is 0 Å². The average Bonchev–Trinajstić information content (AvgIpc) is 2.81. The normalized spacial score (nSPS) is 20.9. The van der Waals surface area contributed by atoms with Gasteiger partial charge in [-0.1, -0.05) is 30.3 Å². The van der Waals surface area contributed by atoms with E-state index >= 15 is 0 Å². The van der Waals surface area contributed by atoms with Gasteiger partial charge < -0.3 is 25.4 Å². The van der Waals surface area contributed by atoms with Crippen molar-refractivity contribution in [3.63, 3.8) is 0 Å². The Morgan fingerprint density at radius 1 is 1.21 bits per heavy atom. The number of ether oxygens (including phenoxy) is 2. The first kappa shape index (κ1) is 19.8. The largest absolute Gasteiger partial charge is 0.445 e. The minimum Gasteiger partial charge on any atom is -0.445 e. The fraction of sp³-hybridized carbons (Fsp3) is 0.474. The Morgan fingerprint density at radius 3 is 2.64 bits per heavy atom. The van der Waals surface area contributed by atoms with E-state index in [1.165, 1.54) is 0 Å². The van der Waals surface area contributed by atoms with Crippen molar-refractivity contribution >= 4 is 23.7 Å². The maximum Gasteiger partial charge on any atom is 0.408 e. The molecule has 0 aromatic heterocycles. The summed E-state index contributed by atoms with van der Waals surface area (Å²) in [4.78, 5) is 48.6. The zero-order valence-corrected chi connectivity index (χ0v) is 15.3. The number of amides is 3. The summed E-state index contributed by atoms with van der Waals surface area (Å²) in [5, 5.41) is 7.63. The van der Waals surface area contributed by atoms with Crippen LogP contribution in [0.5, 0.6) is 0 Å². The number of rotatable bonds is 6. The lowest BCUT2D eigenvalue weighted by Gasteiger charge is -2.33. The van der Waals surface area contributed by atoms with Gasteiger partial charge in [-0.15, -0.1) is 0 Å². The van der Waals surface area contributed by atoms with Crippen LogP contribution in [-0.2, 0) is 30.5 Å².